The molecule has 2 heteroatoms. The SMILES string of the molecule is CCCC(CC)NC1CCc2ccc(OC)cc2C1. The predicted octanol–water partition coefficient (Wildman–Crippen LogP) is 3.72. The van der Waals surface area contributed by atoms with Crippen LogP contribution in [0, 0.1) is 0 Å². The molecule has 0 spiro atoms. The second kappa shape index (κ2) is 6.95. The minimum atomic E-state index is 0.635. The lowest BCUT2D eigenvalue weighted by Crippen LogP contribution is -2.41. The number of ether oxygens (including phenoxy) is 1. The third kappa shape index (κ3) is 3.73. The fourth-order valence-corrected chi connectivity index (χ4v) is 3.09. The van der Waals surface area contributed by atoms with Crippen LogP contribution in [-0.2, 0) is 12.8 Å². The second-order valence-corrected chi connectivity index (χ2v) is 5.63. The van der Waals surface area contributed by atoms with Gasteiger partial charge in [0, 0.05) is 12.1 Å². The van der Waals surface area contributed by atoms with Gasteiger partial charge in [-0.1, -0.05) is 26.3 Å². The molecule has 2 atom stereocenters. The molecule has 0 saturated heterocycles. The van der Waals surface area contributed by atoms with Crippen molar-refractivity contribution < 1.29 is 4.74 Å². The first-order chi connectivity index (χ1) is 9.26. The molecule has 0 amide bonds. The van der Waals surface area contributed by atoms with E-state index in [1.165, 1.54) is 43.2 Å². The topological polar surface area (TPSA) is 21.3 Å². The summed E-state index contributed by atoms with van der Waals surface area (Å²) in [6.45, 7) is 4.55. The van der Waals surface area contributed by atoms with Gasteiger partial charge in [0.05, 0.1) is 7.11 Å². The van der Waals surface area contributed by atoms with Crippen LogP contribution in [0.25, 0.3) is 0 Å². The Hall–Kier alpha value is -1.02. The Morgan fingerprint density at radius 2 is 2.16 bits per heavy atom. The maximum Gasteiger partial charge on any atom is 0.119 e. The van der Waals surface area contributed by atoms with E-state index in [9.17, 15) is 0 Å². The molecule has 1 N–H and O–H groups in total. The van der Waals surface area contributed by atoms with E-state index in [4.69, 9.17) is 4.74 Å². The van der Waals surface area contributed by atoms with Crippen molar-refractivity contribution >= 4 is 0 Å². The van der Waals surface area contributed by atoms with E-state index in [1.54, 1.807) is 7.11 Å². The molecule has 0 aromatic heterocycles. The van der Waals surface area contributed by atoms with Gasteiger partial charge < -0.3 is 10.1 Å². The van der Waals surface area contributed by atoms with Gasteiger partial charge in [0.2, 0.25) is 0 Å². The predicted molar refractivity (Wildman–Crippen MR) is 80.9 cm³/mol. The quantitative estimate of drug-likeness (QED) is 0.842. The lowest BCUT2D eigenvalue weighted by Gasteiger charge is -2.29. The average molecular weight is 261 g/mol. The molecule has 1 aromatic rings. The van der Waals surface area contributed by atoms with Crippen LogP contribution in [0.1, 0.15) is 50.7 Å². The van der Waals surface area contributed by atoms with E-state index >= 15 is 0 Å². The van der Waals surface area contributed by atoms with E-state index in [1.807, 2.05) is 0 Å². The monoisotopic (exact) mass is 261 g/mol. The maximum atomic E-state index is 5.34. The van der Waals surface area contributed by atoms with Crippen molar-refractivity contribution in [3.05, 3.63) is 29.3 Å². The Labute approximate surface area is 117 Å². The summed E-state index contributed by atoms with van der Waals surface area (Å²) in [6, 6.07) is 7.84. The minimum Gasteiger partial charge on any atom is -0.497 e. The van der Waals surface area contributed by atoms with Crippen molar-refractivity contribution in [3.8, 4) is 5.75 Å². The molecule has 2 nitrogen and oxygen atoms in total. The summed E-state index contributed by atoms with van der Waals surface area (Å²) in [5.41, 5.74) is 2.97. The van der Waals surface area contributed by atoms with Crippen molar-refractivity contribution in [2.45, 2.75) is 64.5 Å². The summed E-state index contributed by atoms with van der Waals surface area (Å²) in [4.78, 5) is 0. The van der Waals surface area contributed by atoms with Gasteiger partial charge in [0.25, 0.3) is 0 Å². The molecule has 1 aliphatic rings. The highest BCUT2D eigenvalue weighted by molar-refractivity contribution is 5.37. The Bertz CT molecular complexity index is 402. The number of hydrogen-bond acceptors (Lipinski definition) is 2. The summed E-state index contributed by atoms with van der Waals surface area (Å²) in [6.07, 6.45) is 7.39. The van der Waals surface area contributed by atoms with E-state index < -0.39 is 0 Å². The van der Waals surface area contributed by atoms with E-state index in [0.29, 0.717) is 12.1 Å². The maximum absolute atomic E-state index is 5.34. The van der Waals surface area contributed by atoms with E-state index in [-0.39, 0.29) is 0 Å². The summed E-state index contributed by atoms with van der Waals surface area (Å²) in [7, 11) is 1.74. The van der Waals surface area contributed by atoms with Crippen LogP contribution in [-0.4, -0.2) is 19.2 Å². The lowest BCUT2D eigenvalue weighted by atomic mass is 9.87. The number of aryl methyl sites for hydroxylation is 1. The van der Waals surface area contributed by atoms with Crippen molar-refractivity contribution in [1.82, 2.24) is 5.32 Å². The van der Waals surface area contributed by atoms with Gasteiger partial charge in [-0.05, 0) is 55.4 Å². The molecule has 0 saturated carbocycles. The number of hydrogen-bond donors (Lipinski definition) is 1. The summed E-state index contributed by atoms with van der Waals surface area (Å²) in [5, 5.41) is 3.84. The highest BCUT2D eigenvalue weighted by Gasteiger charge is 2.20. The third-order valence-corrected chi connectivity index (χ3v) is 4.24. The van der Waals surface area contributed by atoms with Gasteiger partial charge in [-0.25, -0.2) is 0 Å². The third-order valence-electron chi connectivity index (χ3n) is 4.24. The summed E-state index contributed by atoms with van der Waals surface area (Å²) in [5.74, 6) is 0.986. The highest BCUT2D eigenvalue weighted by Crippen LogP contribution is 2.26. The molecule has 1 aliphatic carbocycles. The van der Waals surface area contributed by atoms with E-state index in [2.05, 4.69) is 37.4 Å². The Morgan fingerprint density at radius 3 is 2.84 bits per heavy atom. The van der Waals surface area contributed by atoms with Gasteiger partial charge in [0.15, 0.2) is 0 Å². The molecule has 2 rings (SSSR count). The van der Waals surface area contributed by atoms with Crippen LogP contribution < -0.4 is 10.1 Å². The number of benzene rings is 1. The van der Waals surface area contributed by atoms with Crippen LogP contribution in [0.15, 0.2) is 18.2 Å². The minimum absolute atomic E-state index is 0.635. The Morgan fingerprint density at radius 1 is 1.32 bits per heavy atom. The van der Waals surface area contributed by atoms with Gasteiger partial charge >= 0.3 is 0 Å². The molecule has 0 heterocycles. The molecule has 0 aliphatic heterocycles. The number of rotatable bonds is 6. The normalized spacial score (nSPS) is 19.8. The van der Waals surface area contributed by atoms with Crippen LogP contribution in [0.4, 0.5) is 0 Å². The van der Waals surface area contributed by atoms with E-state index in [0.717, 1.165) is 12.2 Å². The van der Waals surface area contributed by atoms with Crippen molar-refractivity contribution in [1.29, 1.82) is 0 Å². The molecule has 0 radical (unpaired) electrons. The Balaban J connectivity index is 2.00. The zero-order chi connectivity index (χ0) is 13.7. The molecular formula is C17H27NO. The van der Waals surface area contributed by atoms with Crippen LogP contribution >= 0.6 is 0 Å². The fraction of sp³-hybridized carbons (Fsp3) is 0.647. The molecule has 0 bridgehead atoms. The first-order valence-corrected chi connectivity index (χ1v) is 7.68. The van der Waals surface area contributed by atoms with Gasteiger partial charge in [-0.15, -0.1) is 0 Å². The summed E-state index contributed by atoms with van der Waals surface area (Å²) >= 11 is 0. The number of fused-ring (bicyclic) bond motifs is 1. The van der Waals surface area contributed by atoms with Crippen molar-refractivity contribution in [2.75, 3.05) is 7.11 Å². The molecule has 1 aromatic carbocycles. The lowest BCUT2D eigenvalue weighted by molar-refractivity contribution is 0.367. The molecule has 2 unspecified atom stereocenters. The zero-order valence-corrected chi connectivity index (χ0v) is 12.5. The molecule has 106 valence electrons. The van der Waals surface area contributed by atoms with Gasteiger partial charge in [-0.3, -0.25) is 0 Å². The van der Waals surface area contributed by atoms with Crippen LogP contribution in [0.5, 0.6) is 5.75 Å². The van der Waals surface area contributed by atoms with Crippen LogP contribution in [0.3, 0.4) is 0 Å². The highest BCUT2D eigenvalue weighted by atomic mass is 16.5. The van der Waals surface area contributed by atoms with Crippen molar-refractivity contribution in [3.63, 3.8) is 0 Å². The van der Waals surface area contributed by atoms with Crippen LogP contribution in [0.2, 0.25) is 0 Å². The number of methoxy groups -OCH3 is 1. The average Bonchev–Trinajstić information content (AvgIpc) is 2.46. The smallest absolute Gasteiger partial charge is 0.119 e. The second-order valence-electron chi connectivity index (χ2n) is 5.63. The van der Waals surface area contributed by atoms with Gasteiger partial charge in [-0.2, -0.15) is 0 Å². The zero-order valence-electron chi connectivity index (χ0n) is 12.5. The largest absolute Gasteiger partial charge is 0.497 e. The summed E-state index contributed by atoms with van der Waals surface area (Å²) < 4.78 is 5.34. The Kier molecular flexibility index (Phi) is 5.26. The molecule has 0 fully saturated rings. The van der Waals surface area contributed by atoms with Gasteiger partial charge in [0.1, 0.15) is 5.75 Å². The first-order valence-electron chi connectivity index (χ1n) is 7.68. The molecule has 19 heavy (non-hydrogen) atoms. The first kappa shape index (κ1) is 14.4. The number of nitrogens with one attached hydrogen (secondary N) is 1. The fourth-order valence-electron chi connectivity index (χ4n) is 3.09. The van der Waals surface area contributed by atoms with Crippen molar-refractivity contribution in [2.24, 2.45) is 0 Å². The molecular weight excluding hydrogens is 234 g/mol. The standard InChI is InChI=1S/C17H27NO/c1-4-6-15(5-2)18-16-9-7-13-8-10-17(19-3)12-14(13)11-16/h8,10,12,15-16,18H,4-7,9,11H2,1-3H3.